The summed E-state index contributed by atoms with van der Waals surface area (Å²) in [5, 5.41) is 8.00. The molecule has 0 radical (unpaired) electrons. The molecule has 1 aromatic carbocycles. The number of benzene rings is 1. The lowest BCUT2D eigenvalue weighted by Crippen LogP contribution is -2.27. The summed E-state index contributed by atoms with van der Waals surface area (Å²) < 4.78 is 1.71. The van der Waals surface area contributed by atoms with E-state index in [-0.39, 0.29) is 5.91 Å². The van der Waals surface area contributed by atoms with Crippen LogP contribution in [0.25, 0.3) is 11.0 Å². The topological polar surface area (TPSA) is 51.0 Å². The van der Waals surface area contributed by atoms with Gasteiger partial charge in [-0.15, -0.1) is 5.10 Å². The Labute approximate surface area is 87.3 Å². The number of para-hydroxylation sites is 1. The van der Waals surface area contributed by atoms with Gasteiger partial charge in [0.05, 0.1) is 5.52 Å². The normalized spacial score (nSPS) is 10.5. The van der Waals surface area contributed by atoms with Crippen LogP contribution in [0.4, 0.5) is 0 Å². The fourth-order valence-electron chi connectivity index (χ4n) is 1.32. The van der Waals surface area contributed by atoms with E-state index < -0.39 is 0 Å². The average Bonchev–Trinajstić information content (AvgIpc) is 2.62. The van der Waals surface area contributed by atoms with Gasteiger partial charge in [0.1, 0.15) is 12.2 Å². The number of carbonyl (C=O) groups is 1. The van der Waals surface area contributed by atoms with Gasteiger partial charge in [0, 0.05) is 14.0 Å². The van der Waals surface area contributed by atoms with E-state index in [4.69, 9.17) is 0 Å². The second-order valence-corrected chi connectivity index (χ2v) is 3.44. The molecule has 0 saturated heterocycles. The molecule has 1 aromatic heterocycles. The monoisotopic (exact) mass is 204 g/mol. The number of hydrogen-bond acceptors (Lipinski definition) is 3. The van der Waals surface area contributed by atoms with Gasteiger partial charge in [-0.25, -0.2) is 4.68 Å². The molecule has 0 spiro atoms. The second-order valence-electron chi connectivity index (χ2n) is 3.44. The van der Waals surface area contributed by atoms with E-state index in [1.807, 2.05) is 24.3 Å². The second kappa shape index (κ2) is 3.68. The predicted molar refractivity (Wildman–Crippen MR) is 56.0 cm³/mol. The summed E-state index contributed by atoms with van der Waals surface area (Å²) in [5.41, 5.74) is 1.78. The van der Waals surface area contributed by atoms with Gasteiger partial charge in [-0.3, -0.25) is 4.79 Å². The molecule has 15 heavy (non-hydrogen) atoms. The van der Waals surface area contributed by atoms with Crippen LogP contribution in [0.3, 0.4) is 0 Å². The SMILES string of the molecule is CC(=O)N(C)Cn1nnc2ccccc21. The Kier molecular flexibility index (Phi) is 2.37. The van der Waals surface area contributed by atoms with Crippen LogP contribution in [0.1, 0.15) is 6.92 Å². The van der Waals surface area contributed by atoms with Crippen molar-refractivity contribution in [3.05, 3.63) is 24.3 Å². The summed E-state index contributed by atoms with van der Waals surface area (Å²) >= 11 is 0. The molecular formula is C10H12N4O. The van der Waals surface area contributed by atoms with Gasteiger partial charge in [-0.1, -0.05) is 17.3 Å². The summed E-state index contributed by atoms with van der Waals surface area (Å²) in [6, 6.07) is 7.67. The molecule has 5 heteroatoms. The van der Waals surface area contributed by atoms with Gasteiger partial charge < -0.3 is 4.90 Å². The van der Waals surface area contributed by atoms with Gasteiger partial charge in [0.2, 0.25) is 5.91 Å². The number of aromatic nitrogens is 3. The minimum atomic E-state index is 0.00887. The van der Waals surface area contributed by atoms with E-state index in [1.54, 1.807) is 16.6 Å². The van der Waals surface area contributed by atoms with E-state index in [2.05, 4.69) is 10.3 Å². The zero-order valence-electron chi connectivity index (χ0n) is 8.71. The van der Waals surface area contributed by atoms with Crippen LogP contribution < -0.4 is 0 Å². The Morgan fingerprint density at radius 3 is 2.93 bits per heavy atom. The molecule has 5 nitrogen and oxygen atoms in total. The van der Waals surface area contributed by atoms with Gasteiger partial charge in [0.15, 0.2) is 0 Å². The number of fused-ring (bicyclic) bond motifs is 1. The first-order valence-electron chi connectivity index (χ1n) is 4.68. The maximum Gasteiger partial charge on any atom is 0.220 e. The quantitative estimate of drug-likeness (QED) is 0.729. The molecule has 0 aliphatic heterocycles. The molecule has 2 rings (SSSR count). The molecule has 2 aromatic rings. The standard InChI is InChI=1S/C10H12N4O/c1-8(15)13(2)7-14-10-6-4-3-5-9(10)11-12-14/h3-6H,7H2,1-2H3. The summed E-state index contributed by atoms with van der Waals surface area (Å²) in [4.78, 5) is 12.7. The predicted octanol–water partition coefficient (Wildman–Crippen LogP) is 0.867. The van der Waals surface area contributed by atoms with E-state index >= 15 is 0 Å². The highest BCUT2D eigenvalue weighted by Crippen LogP contribution is 2.09. The lowest BCUT2D eigenvalue weighted by molar-refractivity contribution is -0.129. The largest absolute Gasteiger partial charge is 0.326 e. The van der Waals surface area contributed by atoms with Crippen molar-refractivity contribution in [3.63, 3.8) is 0 Å². The lowest BCUT2D eigenvalue weighted by Gasteiger charge is -2.14. The molecular weight excluding hydrogens is 192 g/mol. The minimum Gasteiger partial charge on any atom is -0.326 e. The number of nitrogens with zero attached hydrogens (tertiary/aromatic N) is 4. The van der Waals surface area contributed by atoms with Crippen molar-refractivity contribution in [3.8, 4) is 0 Å². The van der Waals surface area contributed by atoms with Crippen LogP contribution in [0.15, 0.2) is 24.3 Å². The smallest absolute Gasteiger partial charge is 0.220 e. The average molecular weight is 204 g/mol. The number of amides is 1. The van der Waals surface area contributed by atoms with Crippen molar-refractivity contribution in [2.24, 2.45) is 0 Å². The Morgan fingerprint density at radius 2 is 2.20 bits per heavy atom. The first-order chi connectivity index (χ1) is 7.18. The Hall–Kier alpha value is -1.91. The lowest BCUT2D eigenvalue weighted by atomic mass is 10.3. The summed E-state index contributed by atoms with van der Waals surface area (Å²) in [6.07, 6.45) is 0. The fraction of sp³-hybridized carbons (Fsp3) is 0.300. The zero-order valence-corrected chi connectivity index (χ0v) is 8.71. The third-order valence-corrected chi connectivity index (χ3v) is 2.30. The van der Waals surface area contributed by atoms with E-state index in [0.29, 0.717) is 6.67 Å². The van der Waals surface area contributed by atoms with Gasteiger partial charge in [-0.05, 0) is 12.1 Å². The summed E-state index contributed by atoms with van der Waals surface area (Å²) in [5.74, 6) is 0.00887. The molecule has 0 aliphatic carbocycles. The molecule has 0 fully saturated rings. The summed E-state index contributed by atoms with van der Waals surface area (Å²) in [6.45, 7) is 1.95. The van der Waals surface area contributed by atoms with Crippen molar-refractivity contribution in [2.45, 2.75) is 13.6 Å². The van der Waals surface area contributed by atoms with E-state index in [9.17, 15) is 4.79 Å². The van der Waals surface area contributed by atoms with Crippen LogP contribution in [0.5, 0.6) is 0 Å². The molecule has 0 aliphatic rings. The van der Waals surface area contributed by atoms with Crippen LogP contribution in [-0.2, 0) is 11.5 Å². The van der Waals surface area contributed by atoms with Crippen molar-refractivity contribution < 1.29 is 4.79 Å². The van der Waals surface area contributed by atoms with Crippen LogP contribution in [0, 0.1) is 0 Å². The highest BCUT2D eigenvalue weighted by Gasteiger charge is 2.07. The number of hydrogen-bond donors (Lipinski definition) is 0. The Morgan fingerprint density at radius 1 is 1.47 bits per heavy atom. The molecule has 1 heterocycles. The third-order valence-electron chi connectivity index (χ3n) is 2.30. The fourth-order valence-corrected chi connectivity index (χ4v) is 1.32. The summed E-state index contributed by atoms with van der Waals surface area (Å²) in [7, 11) is 1.73. The molecule has 0 unspecified atom stereocenters. The van der Waals surface area contributed by atoms with Crippen molar-refractivity contribution in [2.75, 3.05) is 7.05 Å². The van der Waals surface area contributed by atoms with E-state index in [0.717, 1.165) is 11.0 Å². The van der Waals surface area contributed by atoms with E-state index in [1.165, 1.54) is 6.92 Å². The van der Waals surface area contributed by atoms with Crippen LogP contribution in [0.2, 0.25) is 0 Å². The first kappa shape index (κ1) is 9.64. The maximum atomic E-state index is 11.1. The molecule has 78 valence electrons. The van der Waals surface area contributed by atoms with Crippen molar-refractivity contribution in [1.29, 1.82) is 0 Å². The van der Waals surface area contributed by atoms with Crippen molar-refractivity contribution in [1.82, 2.24) is 19.9 Å². The van der Waals surface area contributed by atoms with Gasteiger partial charge >= 0.3 is 0 Å². The van der Waals surface area contributed by atoms with Gasteiger partial charge in [-0.2, -0.15) is 0 Å². The highest BCUT2D eigenvalue weighted by molar-refractivity contribution is 5.75. The highest BCUT2D eigenvalue weighted by atomic mass is 16.2. The molecule has 1 amide bonds. The minimum absolute atomic E-state index is 0.00887. The Balaban J connectivity index is 2.32. The number of rotatable bonds is 2. The van der Waals surface area contributed by atoms with Gasteiger partial charge in [0.25, 0.3) is 0 Å². The molecule has 0 bridgehead atoms. The van der Waals surface area contributed by atoms with Crippen molar-refractivity contribution >= 4 is 16.9 Å². The van der Waals surface area contributed by atoms with Crippen LogP contribution in [-0.4, -0.2) is 32.8 Å². The maximum absolute atomic E-state index is 11.1. The molecule has 0 atom stereocenters. The third kappa shape index (κ3) is 1.81. The molecule has 0 saturated carbocycles. The Bertz CT molecular complexity index is 491. The number of carbonyl (C=O) groups excluding carboxylic acids is 1. The molecule has 0 N–H and O–H groups in total. The first-order valence-corrected chi connectivity index (χ1v) is 4.68. The van der Waals surface area contributed by atoms with Crippen LogP contribution >= 0.6 is 0 Å². The zero-order chi connectivity index (χ0) is 10.8.